The minimum absolute atomic E-state index is 0.153. The fourth-order valence-electron chi connectivity index (χ4n) is 2.55. The van der Waals surface area contributed by atoms with Crippen molar-refractivity contribution in [3.63, 3.8) is 0 Å². The van der Waals surface area contributed by atoms with E-state index in [2.05, 4.69) is 5.32 Å². The number of rotatable bonds is 4. The number of anilines is 1. The van der Waals surface area contributed by atoms with E-state index < -0.39 is 5.91 Å². The molecule has 2 heterocycles. The number of thiophene rings is 1. The summed E-state index contributed by atoms with van der Waals surface area (Å²) in [4.78, 5) is 36.3. The van der Waals surface area contributed by atoms with Crippen molar-refractivity contribution in [1.29, 1.82) is 5.26 Å². The minimum atomic E-state index is -0.418. The number of ketones is 1. The number of amides is 1. The summed E-state index contributed by atoms with van der Waals surface area (Å²) < 4.78 is 2.21. The molecule has 1 N–H and O–H groups in total. The molecule has 3 rings (SSSR count). The number of nitrogens with one attached hydrogen (secondary N) is 1. The Kier molecular flexibility index (Phi) is 4.53. The van der Waals surface area contributed by atoms with Crippen molar-refractivity contribution in [2.45, 2.75) is 20.4 Å². The molecule has 126 valence electrons. The van der Waals surface area contributed by atoms with Crippen molar-refractivity contribution in [2.75, 3.05) is 5.32 Å². The second-order valence-electron chi connectivity index (χ2n) is 5.40. The normalized spacial score (nSPS) is 10.6. The number of aromatic nitrogens is 1. The van der Waals surface area contributed by atoms with Crippen molar-refractivity contribution in [2.24, 2.45) is 0 Å². The van der Waals surface area contributed by atoms with E-state index in [-0.39, 0.29) is 22.8 Å². The Morgan fingerprint density at radius 1 is 1.28 bits per heavy atom. The number of benzene rings is 1. The van der Waals surface area contributed by atoms with Gasteiger partial charge in [-0.2, -0.15) is 5.26 Å². The molecule has 1 amide bonds. The van der Waals surface area contributed by atoms with Gasteiger partial charge in [0.1, 0.15) is 17.6 Å². The number of para-hydroxylation sites is 1. The molecular weight excluding hydrogens is 358 g/mol. The third-order valence-corrected chi connectivity index (χ3v) is 5.97. The zero-order valence-electron chi connectivity index (χ0n) is 13.5. The monoisotopic (exact) mass is 371 g/mol. The predicted molar refractivity (Wildman–Crippen MR) is 98.5 cm³/mol. The molecule has 2 aromatic heterocycles. The maximum absolute atomic E-state index is 12.4. The Morgan fingerprint density at radius 2 is 2.00 bits per heavy atom. The maximum Gasteiger partial charge on any atom is 0.308 e. The Morgan fingerprint density at radius 3 is 2.68 bits per heavy atom. The van der Waals surface area contributed by atoms with Gasteiger partial charge in [-0.05, 0) is 31.5 Å². The molecular formula is C17H13N3O3S2. The van der Waals surface area contributed by atoms with Gasteiger partial charge in [0.05, 0.1) is 20.7 Å². The average Bonchev–Trinajstić information content (AvgIpc) is 3.05. The smallest absolute Gasteiger partial charge is 0.308 e. The zero-order valence-corrected chi connectivity index (χ0v) is 15.1. The number of fused-ring (bicyclic) bond motifs is 1. The van der Waals surface area contributed by atoms with Crippen molar-refractivity contribution >= 4 is 49.6 Å². The molecule has 0 saturated carbocycles. The standard InChI is InChI=1S/C17H13N3O3S2/c1-9-11(7-18)16(25-15(9)10(2)21)19-14(22)8-20-12-5-3-4-6-13(12)24-17(20)23/h3-6H,8H2,1-2H3,(H,19,22). The van der Waals surface area contributed by atoms with Crippen molar-refractivity contribution in [3.8, 4) is 6.07 Å². The molecule has 0 bridgehead atoms. The number of hydrogen-bond donors (Lipinski definition) is 1. The van der Waals surface area contributed by atoms with Crippen LogP contribution < -0.4 is 10.2 Å². The first-order valence-electron chi connectivity index (χ1n) is 7.35. The topological polar surface area (TPSA) is 92.0 Å². The summed E-state index contributed by atoms with van der Waals surface area (Å²) >= 11 is 2.16. The van der Waals surface area contributed by atoms with E-state index in [0.717, 1.165) is 27.4 Å². The highest BCUT2D eigenvalue weighted by atomic mass is 32.1. The van der Waals surface area contributed by atoms with Gasteiger partial charge >= 0.3 is 4.87 Å². The lowest BCUT2D eigenvalue weighted by molar-refractivity contribution is -0.116. The molecule has 6 nitrogen and oxygen atoms in total. The first-order chi connectivity index (χ1) is 11.9. The van der Waals surface area contributed by atoms with Gasteiger partial charge < -0.3 is 5.32 Å². The Labute approximate surface area is 150 Å². The van der Waals surface area contributed by atoms with Gasteiger partial charge in [-0.3, -0.25) is 19.0 Å². The number of nitriles is 1. The Balaban J connectivity index is 1.90. The third-order valence-electron chi connectivity index (χ3n) is 3.71. The van der Waals surface area contributed by atoms with Gasteiger partial charge in [-0.15, -0.1) is 11.3 Å². The highest BCUT2D eigenvalue weighted by Crippen LogP contribution is 2.32. The van der Waals surface area contributed by atoms with E-state index in [1.807, 2.05) is 18.2 Å². The van der Waals surface area contributed by atoms with Crippen molar-refractivity contribution in [3.05, 3.63) is 49.9 Å². The third kappa shape index (κ3) is 3.12. The van der Waals surface area contributed by atoms with Gasteiger partial charge in [0.2, 0.25) is 5.91 Å². The lowest BCUT2D eigenvalue weighted by Gasteiger charge is -2.05. The molecule has 1 aromatic carbocycles. The van der Waals surface area contributed by atoms with Crippen LogP contribution >= 0.6 is 22.7 Å². The molecule has 0 aliphatic carbocycles. The number of hydrogen-bond acceptors (Lipinski definition) is 6. The first kappa shape index (κ1) is 17.1. The van der Waals surface area contributed by atoms with E-state index in [9.17, 15) is 19.6 Å². The second kappa shape index (κ2) is 6.63. The van der Waals surface area contributed by atoms with Crippen molar-refractivity contribution < 1.29 is 9.59 Å². The van der Waals surface area contributed by atoms with E-state index >= 15 is 0 Å². The summed E-state index contributed by atoms with van der Waals surface area (Å²) in [5.74, 6) is -0.571. The van der Waals surface area contributed by atoms with Crippen LogP contribution in [0.15, 0.2) is 29.1 Å². The van der Waals surface area contributed by atoms with E-state index in [0.29, 0.717) is 21.0 Å². The van der Waals surface area contributed by atoms with Crippen LogP contribution in [-0.2, 0) is 11.3 Å². The highest BCUT2D eigenvalue weighted by molar-refractivity contribution is 7.18. The molecule has 0 spiro atoms. The number of thiazole rings is 1. The molecule has 0 radical (unpaired) electrons. The van der Waals surface area contributed by atoms with Gasteiger partial charge in [0.25, 0.3) is 0 Å². The van der Waals surface area contributed by atoms with Gasteiger partial charge in [0.15, 0.2) is 5.78 Å². The van der Waals surface area contributed by atoms with Gasteiger partial charge in [-0.1, -0.05) is 23.5 Å². The van der Waals surface area contributed by atoms with Crippen LogP contribution in [0.3, 0.4) is 0 Å². The SMILES string of the molecule is CC(=O)c1sc(NC(=O)Cn2c(=O)sc3ccccc32)c(C#N)c1C. The first-order valence-corrected chi connectivity index (χ1v) is 8.98. The van der Waals surface area contributed by atoms with Crippen LogP contribution in [0.4, 0.5) is 5.00 Å². The maximum atomic E-state index is 12.4. The molecule has 25 heavy (non-hydrogen) atoms. The molecule has 3 aromatic rings. The lowest BCUT2D eigenvalue weighted by Crippen LogP contribution is -2.24. The number of nitrogens with zero attached hydrogens (tertiary/aromatic N) is 2. The Hall–Kier alpha value is -2.76. The molecule has 0 unspecified atom stereocenters. The molecule has 8 heteroatoms. The minimum Gasteiger partial charge on any atom is -0.315 e. The summed E-state index contributed by atoms with van der Waals surface area (Å²) in [5, 5.41) is 12.3. The molecule has 0 saturated heterocycles. The number of carbonyl (C=O) groups excluding carboxylic acids is 2. The predicted octanol–water partition coefficient (Wildman–Crippen LogP) is 3.15. The van der Waals surface area contributed by atoms with Crippen LogP contribution in [0.2, 0.25) is 0 Å². The molecule has 0 aliphatic heterocycles. The fraction of sp³-hybridized carbons (Fsp3) is 0.176. The zero-order chi connectivity index (χ0) is 18.1. The van der Waals surface area contributed by atoms with E-state index in [1.54, 1.807) is 19.1 Å². The van der Waals surface area contributed by atoms with Crippen molar-refractivity contribution in [1.82, 2.24) is 4.57 Å². The molecule has 0 fully saturated rings. The second-order valence-corrected chi connectivity index (χ2v) is 7.41. The molecule has 0 atom stereocenters. The molecule has 0 aliphatic rings. The van der Waals surface area contributed by atoms with E-state index in [1.165, 1.54) is 11.5 Å². The number of Topliss-reactive ketones (excluding diaryl/α,β-unsaturated/α-hetero) is 1. The van der Waals surface area contributed by atoms with Crippen LogP contribution in [0.1, 0.15) is 27.7 Å². The fourth-order valence-corrected chi connectivity index (χ4v) is 4.50. The summed E-state index contributed by atoms with van der Waals surface area (Å²) in [6, 6.07) is 9.27. The van der Waals surface area contributed by atoms with Gasteiger partial charge in [0, 0.05) is 0 Å². The lowest BCUT2D eigenvalue weighted by atomic mass is 10.1. The van der Waals surface area contributed by atoms with Crippen LogP contribution in [0.25, 0.3) is 10.2 Å². The summed E-state index contributed by atoms with van der Waals surface area (Å²) in [7, 11) is 0. The van der Waals surface area contributed by atoms with Crippen LogP contribution in [-0.4, -0.2) is 16.3 Å². The largest absolute Gasteiger partial charge is 0.315 e. The van der Waals surface area contributed by atoms with Crippen LogP contribution in [0.5, 0.6) is 0 Å². The number of carbonyl (C=O) groups is 2. The highest BCUT2D eigenvalue weighted by Gasteiger charge is 2.20. The summed E-state index contributed by atoms with van der Waals surface area (Å²) in [6.45, 7) is 2.95. The van der Waals surface area contributed by atoms with Gasteiger partial charge in [-0.25, -0.2) is 0 Å². The van der Waals surface area contributed by atoms with Crippen LogP contribution in [0, 0.1) is 18.3 Å². The summed E-state index contributed by atoms with van der Waals surface area (Å²) in [6.07, 6.45) is 0. The average molecular weight is 371 g/mol. The van der Waals surface area contributed by atoms with E-state index in [4.69, 9.17) is 0 Å². The summed E-state index contributed by atoms with van der Waals surface area (Å²) in [5.41, 5.74) is 1.54. The Bertz CT molecular complexity index is 1100. The quantitative estimate of drug-likeness (QED) is 0.713.